The molecule has 0 spiro atoms. The second kappa shape index (κ2) is 8.46. The van der Waals surface area contributed by atoms with E-state index >= 15 is 0 Å². The molecular formula is C18H20N4OS. The van der Waals surface area contributed by atoms with Crippen LogP contribution in [0.3, 0.4) is 0 Å². The van der Waals surface area contributed by atoms with Crippen LogP contribution in [-0.4, -0.2) is 33.1 Å². The molecular weight excluding hydrogens is 320 g/mol. The summed E-state index contributed by atoms with van der Waals surface area (Å²) in [5.74, 6) is 0.896. The Hall–Kier alpha value is -2.39. The summed E-state index contributed by atoms with van der Waals surface area (Å²) in [6.45, 7) is 6.76. The van der Waals surface area contributed by atoms with Crippen molar-refractivity contribution in [2.24, 2.45) is 0 Å². The highest BCUT2D eigenvalue weighted by atomic mass is 32.2. The number of aromatic nitrogens is 2. The number of nitriles is 1. The summed E-state index contributed by atoms with van der Waals surface area (Å²) in [4.78, 5) is 22.8. The molecule has 0 saturated heterocycles. The van der Waals surface area contributed by atoms with Crippen LogP contribution in [0.15, 0.2) is 35.4 Å². The van der Waals surface area contributed by atoms with Crippen LogP contribution in [0.4, 0.5) is 0 Å². The Morgan fingerprint density at radius 2 is 1.96 bits per heavy atom. The number of thioether (sulfide) groups is 1. The molecule has 1 aromatic heterocycles. The van der Waals surface area contributed by atoms with E-state index in [1.165, 1.54) is 11.8 Å². The molecule has 1 amide bonds. The van der Waals surface area contributed by atoms with E-state index in [2.05, 4.69) is 16.0 Å². The van der Waals surface area contributed by atoms with Crippen molar-refractivity contribution in [1.82, 2.24) is 14.9 Å². The monoisotopic (exact) mass is 340 g/mol. The van der Waals surface area contributed by atoms with Crippen LogP contribution < -0.4 is 0 Å². The normalized spacial score (nSPS) is 10.2. The van der Waals surface area contributed by atoms with Crippen molar-refractivity contribution in [2.75, 3.05) is 12.3 Å². The van der Waals surface area contributed by atoms with Gasteiger partial charge in [-0.05, 0) is 26.3 Å². The standard InChI is InChI=1S/C18H20N4OS/c1-4-22(11-15-8-6-5-7-9-15)17(23)12-24-18-16(10-19)13(2)20-14(3)21-18/h5-9H,4,11-12H2,1-3H3. The lowest BCUT2D eigenvalue weighted by Gasteiger charge is -2.21. The molecule has 0 unspecified atom stereocenters. The third-order valence-corrected chi connectivity index (χ3v) is 4.52. The van der Waals surface area contributed by atoms with Crippen molar-refractivity contribution in [3.63, 3.8) is 0 Å². The molecule has 0 aliphatic heterocycles. The Morgan fingerprint density at radius 3 is 2.58 bits per heavy atom. The van der Waals surface area contributed by atoms with E-state index in [1.807, 2.05) is 37.3 Å². The van der Waals surface area contributed by atoms with Crippen molar-refractivity contribution < 1.29 is 4.79 Å². The van der Waals surface area contributed by atoms with Crippen LogP contribution in [0.1, 0.15) is 29.6 Å². The first-order valence-corrected chi connectivity index (χ1v) is 8.73. The van der Waals surface area contributed by atoms with Crippen LogP contribution in [0.2, 0.25) is 0 Å². The summed E-state index contributed by atoms with van der Waals surface area (Å²) in [5.41, 5.74) is 2.20. The molecule has 2 rings (SSSR count). The molecule has 124 valence electrons. The van der Waals surface area contributed by atoms with Crippen LogP contribution in [0, 0.1) is 25.2 Å². The quantitative estimate of drug-likeness (QED) is 0.597. The average Bonchev–Trinajstić information content (AvgIpc) is 2.58. The fraction of sp³-hybridized carbons (Fsp3) is 0.333. The fourth-order valence-electron chi connectivity index (χ4n) is 2.32. The van der Waals surface area contributed by atoms with E-state index in [4.69, 9.17) is 0 Å². The molecule has 1 heterocycles. The number of carbonyl (C=O) groups is 1. The van der Waals surface area contributed by atoms with Crippen molar-refractivity contribution in [3.8, 4) is 6.07 Å². The van der Waals surface area contributed by atoms with Gasteiger partial charge in [0.05, 0.1) is 11.4 Å². The zero-order valence-electron chi connectivity index (χ0n) is 14.1. The second-order valence-corrected chi connectivity index (χ2v) is 6.29. The number of rotatable bonds is 6. The maximum absolute atomic E-state index is 12.5. The molecule has 2 aromatic rings. The Labute approximate surface area is 146 Å². The van der Waals surface area contributed by atoms with Gasteiger partial charge in [-0.1, -0.05) is 42.1 Å². The molecule has 6 heteroatoms. The number of benzene rings is 1. The van der Waals surface area contributed by atoms with E-state index in [9.17, 15) is 10.1 Å². The summed E-state index contributed by atoms with van der Waals surface area (Å²) in [6.07, 6.45) is 0. The summed E-state index contributed by atoms with van der Waals surface area (Å²) in [6, 6.07) is 12.0. The van der Waals surface area contributed by atoms with Gasteiger partial charge in [-0.3, -0.25) is 4.79 Å². The smallest absolute Gasteiger partial charge is 0.233 e. The SMILES string of the molecule is CCN(Cc1ccccc1)C(=O)CSc1nc(C)nc(C)c1C#N. The van der Waals surface area contributed by atoms with Crippen molar-refractivity contribution in [1.29, 1.82) is 5.26 Å². The molecule has 0 bridgehead atoms. The van der Waals surface area contributed by atoms with Crippen molar-refractivity contribution in [3.05, 3.63) is 53.0 Å². The third-order valence-electron chi connectivity index (χ3n) is 3.56. The van der Waals surface area contributed by atoms with Gasteiger partial charge in [-0.2, -0.15) is 5.26 Å². The maximum Gasteiger partial charge on any atom is 0.233 e. The number of aryl methyl sites for hydroxylation is 2. The lowest BCUT2D eigenvalue weighted by atomic mass is 10.2. The van der Waals surface area contributed by atoms with Gasteiger partial charge in [0.15, 0.2) is 0 Å². The Kier molecular flexibility index (Phi) is 6.33. The fourth-order valence-corrected chi connectivity index (χ4v) is 3.29. The highest BCUT2D eigenvalue weighted by Gasteiger charge is 2.16. The van der Waals surface area contributed by atoms with Crippen LogP contribution in [-0.2, 0) is 11.3 Å². The van der Waals surface area contributed by atoms with Gasteiger partial charge in [0.2, 0.25) is 5.91 Å². The van der Waals surface area contributed by atoms with Crippen molar-refractivity contribution >= 4 is 17.7 Å². The lowest BCUT2D eigenvalue weighted by molar-refractivity contribution is -0.128. The number of hydrogen-bond donors (Lipinski definition) is 0. The second-order valence-electron chi connectivity index (χ2n) is 5.33. The molecule has 0 atom stereocenters. The highest BCUT2D eigenvalue weighted by Crippen LogP contribution is 2.22. The van der Waals surface area contributed by atoms with Crippen LogP contribution >= 0.6 is 11.8 Å². The molecule has 0 aliphatic rings. The van der Waals surface area contributed by atoms with E-state index in [-0.39, 0.29) is 11.7 Å². The molecule has 24 heavy (non-hydrogen) atoms. The Balaban J connectivity index is 2.05. The number of amides is 1. The van der Waals surface area contributed by atoms with Crippen LogP contribution in [0.25, 0.3) is 0 Å². The van der Waals surface area contributed by atoms with E-state index in [1.54, 1.807) is 18.7 Å². The molecule has 1 aromatic carbocycles. The molecule has 0 aliphatic carbocycles. The topological polar surface area (TPSA) is 69.9 Å². The van der Waals surface area contributed by atoms with Gasteiger partial charge >= 0.3 is 0 Å². The van der Waals surface area contributed by atoms with Crippen molar-refractivity contribution in [2.45, 2.75) is 32.3 Å². The molecule has 5 nitrogen and oxygen atoms in total. The molecule has 0 fully saturated rings. The van der Waals surface area contributed by atoms with Gasteiger partial charge < -0.3 is 4.90 Å². The van der Waals surface area contributed by atoms with Gasteiger partial charge in [0.1, 0.15) is 22.5 Å². The predicted octanol–water partition coefficient (Wildman–Crippen LogP) is 3.11. The predicted molar refractivity (Wildman–Crippen MR) is 94.5 cm³/mol. The maximum atomic E-state index is 12.5. The van der Waals surface area contributed by atoms with Crippen LogP contribution in [0.5, 0.6) is 0 Å². The Bertz CT molecular complexity index is 756. The van der Waals surface area contributed by atoms with E-state index in [0.717, 1.165) is 5.56 Å². The minimum absolute atomic E-state index is 0.0316. The molecule has 0 N–H and O–H groups in total. The number of carbonyl (C=O) groups excluding carboxylic acids is 1. The largest absolute Gasteiger partial charge is 0.338 e. The summed E-state index contributed by atoms with van der Waals surface area (Å²) in [5, 5.41) is 9.84. The molecule has 0 saturated carbocycles. The van der Waals surface area contributed by atoms with E-state index in [0.29, 0.717) is 35.2 Å². The highest BCUT2D eigenvalue weighted by molar-refractivity contribution is 8.00. The average molecular weight is 340 g/mol. The first-order valence-electron chi connectivity index (χ1n) is 7.75. The summed E-state index contributed by atoms with van der Waals surface area (Å²) >= 11 is 1.30. The molecule has 0 radical (unpaired) electrons. The van der Waals surface area contributed by atoms with Gasteiger partial charge in [-0.25, -0.2) is 9.97 Å². The van der Waals surface area contributed by atoms with Gasteiger partial charge in [0, 0.05) is 13.1 Å². The summed E-state index contributed by atoms with van der Waals surface area (Å²) < 4.78 is 0. The Morgan fingerprint density at radius 1 is 1.25 bits per heavy atom. The van der Waals surface area contributed by atoms with Gasteiger partial charge in [0.25, 0.3) is 0 Å². The third kappa shape index (κ3) is 4.56. The van der Waals surface area contributed by atoms with Gasteiger partial charge in [-0.15, -0.1) is 0 Å². The first-order chi connectivity index (χ1) is 11.5. The zero-order chi connectivity index (χ0) is 17.5. The number of hydrogen-bond acceptors (Lipinski definition) is 5. The number of nitrogens with zero attached hydrogens (tertiary/aromatic N) is 4. The minimum atomic E-state index is 0.0316. The minimum Gasteiger partial charge on any atom is -0.338 e. The zero-order valence-corrected chi connectivity index (χ0v) is 14.9. The first kappa shape index (κ1) is 18.0. The summed E-state index contributed by atoms with van der Waals surface area (Å²) in [7, 11) is 0. The lowest BCUT2D eigenvalue weighted by Crippen LogP contribution is -2.31. The van der Waals surface area contributed by atoms with E-state index < -0.39 is 0 Å².